The minimum Gasteiger partial charge on any atom is -0.428 e. The van der Waals surface area contributed by atoms with E-state index in [0.29, 0.717) is 11.8 Å². The molecule has 1 unspecified atom stereocenters. The summed E-state index contributed by atoms with van der Waals surface area (Å²) in [4.78, 5) is 4.28. The molecule has 1 atom stereocenters. The van der Waals surface area contributed by atoms with Crippen LogP contribution in [0.5, 0.6) is 0 Å². The van der Waals surface area contributed by atoms with Crippen molar-refractivity contribution in [2.24, 2.45) is 0 Å². The first-order valence-corrected chi connectivity index (χ1v) is 6.47. The first kappa shape index (κ1) is 17.9. The summed E-state index contributed by atoms with van der Waals surface area (Å²) in [6.07, 6.45) is 6.37. The Labute approximate surface area is 162 Å². The SMILES string of the molecule is Clc1cnc2c(c1)C1(C[CH-]C1)CN2.[CH2-]CC([CH2-])O.[K+]. The average Bonchev–Trinajstić information content (AvgIpc) is 2.68. The molecule has 1 fully saturated rings. The molecule has 3 nitrogen and oxygen atoms in total. The van der Waals surface area contributed by atoms with Gasteiger partial charge in [-0.3, -0.25) is 0 Å². The second kappa shape index (κ2) is 7.73. The van der Waals surface area contributed by atoms with Gasteiger partial charge in [-0.2, -0.15) is 19.3 Å². The van der Waals surface area contributed by atoms with Gasteiger partial charge in [0.1, 0.15) is 5.82 Å². The van der Waals surface area contributed by atoms with Crippen molar-refractivity contribution < 1.29 is 56.5 Å². The zero-order chi connectivity index (χ0) is 13.2. The number of fused-ring (bicyclic) bond motifs is 2. The molecule has 1 saturated carbocycles. The van der Waals surface area contributed by atoms with Crippen LogP contribution in [0.2, 0.25) is 5.02 Å². The Hall–Kier alpha value is 0.836. The maximum atomic E-state index is 8.19. The van der Waals surface area contributed by atoms with Crippen molar-refractivity contribution in [3.05, 3.63) is 43.1 Å². The van der Waals surface area contributed by atoms with Gasteiger partial charge in [0.05, 0.1) is 5.02 Å². The van der Waals surface area contributed by atoms with E-state index in [-0.39, 0.29) is 51.4 Å². The summed E-state index contributed by atoms with van der Waals surface area (Å²) in [6, 6.07) is 2.05. The van der Waals surface area contributed by atoms with Crippen LogP contribution in [-0.4, -0.2) is 22.7 Å². The van der Waals surface area contributed by atoms with Crippen molar-refractivity contribution >= 4 is 17.4 Å². The van der Waals surface area contributed by atoms with Crippen LogP contribution in [-0.2, 0) is 5.41 Å². The fraction of sp³-hybridized carbons (Fsp3) is 0.429. The van der Waals surface area contributed by atoms with Crippen molar-refractivity contribution in [2.75, 3.05) is 11.9 Å². The van der Waals surface area contributed by atoms with Crippen molar-refractivity contribution in [1.29, 1.82) is 0 Å². The molecule has 1 aromatic heterocycles. The first-order chi connectivity index (χ1) is 8.57. The molecule has 0 aromatic carbocycles. The van der Waals surface area contributed by atoms with E-state index in [9.17, 15) is 0 Å². The molecule has 5 heteroatoms. The van der Waals surface area contributed by atoms with Crippen molar-refractivity contribution in [3.63, 3.8) is 0 Å². The van der Waals surface area contributed by atoms with Crippen LogP contribution in [0.1, 0.15) is 24.8 Å². The Bertz CT molecular complexity index is 422. The molecule has 0 radical (unpaired) electrons. The Kier molecular flexibility index (Phi) is 7.28. The standard InChI is InChI=1S/C10H10ClN2.C4H8O.K/c11-7-4-8-9(12-5-7)13-6-10(8)2-1-3-10;1-3-4(2)5;/h1,4-5H,2-3,6H2,(H,12,13);4-5H,1-3H2;/q-1;-2;+1. The summed E-state index contributed by atoms with van der Waals surface area (Å²) in [5, 5.41) is 12.3. The Morgan fingerprint density at radius 1 is 1.58 bits per heavy atom. The number of aliphatic hydroxyl groups excluding tert-OH is 1. The smallest absolute Gasteiger partial charge is 0.428 e. The molecule has 3 rings (SSSR count). The van der Waals surface area contributed by atoms with Gasteiger partial charge in [0.25, 0.3) is 0 Å². The van der Waals surface area contributed by atoms with E-state index in [2.05, 4.69) is 36.6 Å². The summed E-state index contributed by atoms with van der Waals surface area (Å²) in [5.74, 6) is 1.03. The van der Waals surface area contributed by atoms with E-state index in [0.717, 1.165) is 30.2 Å². The number of aromatic nitrogens is 1. The molecule has 0 bridgehead atoms. The van der Waals surface area contributed by atoms with E-state index in [1.54, 1.807) is 6.20 Å². The minimum atomic E-state index is -0.477. The zero-order valence-corrected chi connectivity index (χ0v) is 15.2. The summed E-state index contributed by atoms with van der Waals surface area (Å²) < 4.78 is 0. The third-order valence-corrected chi connectivity index (χ3v) is 3.63. The molecule has 1 aliphatic heterocycles. The van der Waals surface area contributed by atoms with Crippen molar-refractivity contribution in [3.8, 4) is 0 Å². The Morgan fingerprint density at radius 3 is 2.68 bits per heavy atom. The van der Waals surface area contributed by atoms with Crippen LogP contribution in [0.25, 0.3) is 0 Å². The number of nitrogens with zero attached hydrogens (tertiary/aromatic N) is 1. The summed E-state index contributed by atoms with van der Waals surface area (Å²) in [5.41, 5.74) is 1.63. The van der Waals surface area contributed by atoms with Gasteiger partial charge >= 0.3 is 51.4 Å². The van der Waals surface area contributed by atoms with E-state index >= 15 is 0 Å². The fourth-order valence-corrected chi connectivity index (χ4v) is 2.35. The zero-order valence-electron chi connectivity index (χ0n) is 11.3. The Morgan fingerprint density at radius 2 is 2.21 bits per heavy atom. The van der Waals surface area contributed by atoms with Crippen LogP contribution in [0, 0.1) is 20.3 Å². The number of hydrogen-bond donors (Lipinski definition) is 2. The molecule has 1 aliphatic carbocycles. The van der Waals surface area contributed by atoms with Crippen LogP contribution in [0.15, 0.2) is 12.3 Å². The molecule has 1 spiro atoms. The average molecular weight is 305 g/mol. The number of hydrogen-bond acceptors (Lipinski definition) is 3. The van der Waals surface area contributed by atoms with Crippen molar-refractivity contribution in [1.82, 2.24) is 4.98 Å². The predicted molar refractivity (Wildman–Crippen MR) is 74.3 cm³/mol. The van der Waals surface area contributed by atoms with Gasteiger partial charge in [-0.15, -0.1) is 0 Å². The number of anilines is 1. The molecular formula is C14H18ClKN2O-2. The molecule has 100 valence electrons. The van der Waals surface area contributed by atoms with Crippen LogP contribution in [0.3, 0.4) is 0 Å². The second-order valence-electron chi connectivity index (χ2n) is 4.82. The van der Waals surface area contributed by atoms with E-state index in [1.165, 1.54) is 5.56 Å². The molecule has 2 N–H and O–H groups in total. The van der Waals surface area contributed by atoms with Gasteiger partial charge in [0, 0.05) is 12.7 Å². The third kappa shape index (κ3) is 4.16. The van der Waals surface area contributed by atoms with Gasteiger partial charge in [0.2, 0.25) is 0 Å². The summed E-state index contributed by atoms with van der Waals surface area (Å²) in [7, 11) is 0. The normalized spacial score (nSPS) is 19.2. The third-order valence-electron chi connectivity index (χ3n) is 3.42. The minimum absolute atomic E-state index is 0. The largest absolute Gasteiger partial charge is 1.00 e. The second-order valence-corrected chi connectivity index (χ2v) is 5.26. The number of halogens is 1. The number of rotatable bonds is 1. The van der Waals surface area contributed by atoms with E-state index < -0.39 is 6.10 Å². The topological polar surface area (TPSA) is 45.2 Å². The van der Waals surface area contributed by atoms with Gasteiger partial charge in [-0.05, 0) is 17.0 Å². The number of nitrogens with one attached hydrogen (secondary N) is 1. The maximum absolute atomic E-state index is 8.19. The quantitative estimate of drug-likeness (QED) is 0.558. The predicted octanol–water partition coefficient (Wildman–Crippen LogP) is -0.194. The first-order valence-electron chi connectivity index (χ1n) is 6.09. The summed E-state index contributed by atoms with van der Waals surface area (Å²) >= 11 is 5.93. The van der Waals surface area contributed by atoms with Crippen LogP contribution >= 0.6 is 11.6 Å². The van der Waals surface area contributed by atoms with E-state index in [1.807, 2.05) is 0 Å². The molecule has 19 heavy (non-hydrogen) atoms. The number of aliphatic hydroxyl groups is 1. The molecule has 1 aromatic rings. The van der Waals surface area contributed by atoms with Crippen LogP contribution < -0.4 is 56.7 Å². The van der Waals surface area contributed by atoms with Gasteiger partial charge in [-0.25, -0.2) is 4.98 Å². The number of pyridine rings is 1. The molecular weight excluding hydrogens is 287 g/mol. The molecule has 0 saturated heterocycles. The molecule has 2 aliphatic rings. The monoisotopic (exact) mass is 304 g/mol. The Balaban J connectivity index is 0.000000265. The molecule has 0 amide bonds. The van der Waals surface area contributed by atoms with Gasteiger partial charge in [-0.1, -0.05) is 17.7 Å². The van der Waals surface area contributed by atoms with Crippen molar-refractivity contribution in [2.45, 2.75) is 30.8 Å². The maximum Gasteiger partial charge on any atom is 1.00 e. The van der Waals surface area contributed by atoms with Crippen LogP contribution in [0.4, 0.5) is 5.82 Å². The van der Waals surface area contributed by atoms with E-state index in [4.69, 9.17) is 16.7 Å². The molecule has 2 heterocycles. The van der Waals surface area contributed by atoms with Gasteiger partial charge < -0.3 is 30.7 Å². The summed E-state index contributed by atoms with van der Waals surface area (Å²) in [6.45, 7) is 7.64. The van der Waals surface area contributed by atoms with Gasteiger partial charge in [0.15, 0.2) is 0 Å². The fourth-order valence-electron chi connectivity index (χ4n) is 2.19.